The number of aromatic nitrogens is 2. The Morgan fingerprint density at radius 3 is 2.27 bits per heavy atom. The molecule has 7 heteroatoms. The molecule has 0 spiro atoms. The smallest absolute Gasteiger partial charge is 0.254 e. The van der Waals surface area contributed by atoms with Crippen molar-refractivity contribution in [2.45, 2.75) is 62.5 Å². The highest BCUT2D eigenvalue weighted by Crippen LogP contribution is 2.33. The van der Waals surface area contributed by atoms with Gasteiger partial charge < -0.3 is 9.47 Å². The molecule has 4 rings (SSSR count). The number of benzene rings is 2. The molecular formula is C26H31N3O3S. The van der Waals surface area contributed by atoms with Gasteiger partial charge in [0, 0.05) is 18.2 Å². The van der Waals surface area contributed by atoms with E-state index in [2.05, 4.69) is 4.98 Å². The second kappa shape index (κ2) is 10.3. The van der Waals surface area contributed by atoms with Crippen LogP contribution in [0.2, 0.25) is 0 Å². The molecule has 1 aliphatic carbocycles. The lowest BCUT2D eigenvalue weighted by atomic mass is 9.95. The molecule has 2 aromatic carbocycles. The Bertz CT molecular complexity index is 1170. The zero-order chi connectivity index (χ0) is 23.3. The minimum atomic E-state index is -3.64. The van der Waals surface area contributed by atoms with Crippen molar-refractivity contribution in [3.8, 4) is 0 Å². The monoisotopic (exact) mass is 465 g/mol. The number of hydrogen-bond acceptors (Lipinski definition) is 4. The summed E-state index contributed by atoms with van der Waals surface area (Å²) in [4.78, 5) is 19.3. The van der Waals surface area contributed by atoms with Gasteiger partial charge in [-0.15, -0.1) is 0 Å². The Morgan fingerprint density at radius 1 is 1.00 bits per heavy atom. The Morgan fingerprint density at radius 2 is 1.64 bits per heavy atom. The topological polar surface area (TPSA) is 72.3 Å². The van der Waals surface area contributed by atoms with Gasteiger partial charge >= 0.3 is 0 Å². The van der Waals surface area contributed by atoms with Crippen LogP contribution >= 0.6 is 0 Å². The standard InChI is InChI=1S/C26H31N3O3S/c1-2-28(25(30)22-14-8-4-9-15-22)19-24-18-27-26(29(24)23-16-10-5-11-17-23)33(31,32)20-21-12-6-3-7-13-21/h3-4,6-9,12-15,18,23H,2,5,10-11,16-17,19-20H2,1H3. The molecule has 174 valence electrons. The Balaban J connectivity index is 1.68. The van der Waals surface area contributed by atoms with E-state index >= 15 is 0 Å². The van der Waals surface area contributed by atoms with Crippen LogP contribution in [0.4, 0.5) is 0 Å². The summed E-state index contributed by atoms with van der Waals surface area (Å²) in [6.07, 6.45) is 6.81. The van der Waals surface area contributed by atoms with Crippen molar-refractivity contribution in [3.63, 3.8) is 0 Å². The van der Waals surface area contributed by atoms with E-state index < -0.39 is 9.84 Å². The number of nitrogens with zero attached hydrogens (tertiary/aromatic N) is 3. The molecule has 1 aliphatic rings. The first-order valence-corrected chi connectivity index (χ1v) is 13.3. The second-order valence-corrected chi connectivity index (χ2v) is 10.5. The molecule has 3 aromatic rings. The summed E-state index contributed by atoms with van der Waals surface area (Å²) in [6, 6.07) is 18.5. The van der Waals surface area contributed by atoms with Gasteiger partial charge in [-0.1, -0.05) is 67.8 Å². The average molecular weight is 466 g/mol. The number of sulfone groups is 1. The van der Waals surface area contributed by atoms with Crippen molar-refractivity contribution >= 4 is 15.7 Å². The highest BCUT2D eigenvalue weighted by molar-refractivity contribution is 7.90. The Hall–Kier alpha value is -2.93. The number of imidazole rings is 1. The minimum Gasteiger partial charge on any atom is -0.333 e. The van der Waals surface area contributed by atoms with Gasteiger partial charge in [0.05, 0.1) is 24.2 Å². The number of rotatable bonds is 8. The summed E-state index contributed by atoms with van der Waals surface area (Å²) in [5.74, 6) is -0.152. The maximum atomic E-state index is 13.4. The lowest BCUT2D eigenvalue weighted by Crippen LogP contribution is -2.32. The normalized spacial score (nSPS) is 14.8. The van der Waals surface area contributed by atoms with Crippen LogP contribution in [-0.4, -0.2) is 35.3 Å². The van der Waals surface area contributed by atoms with E-state index in [1.165, 1.54) is 6.42 Å². The minimum absolute atomic E-state index is 0.0665. The number of hydrogen-bond donors (Lipinski definition) is 0. The van der Waals surface area contributed by atoms with Gasteiger partial charge in [0.1, 0.15) is 0 Å². The molecule has 1 fully saturated rings. The summed E-state index contributed by atoms with van der Waals surface area (Å²) >= 11 is 0. The van der Waals surface area contributed by atoms with Crippen molar-refractivity contribution in [1.29, 1.82) is 0 Å². The summed E-state index contributed by atoms with van der Waals surface area (Å²) in [5.41, 5.74) is 2.14. The molecule has 1 aromatic heterocycles. The first-order chi connectivity index (χ1) is 16.0. The van der Waals surface area contributed by atoms with Crippen LogP contribution in [0.1, 0.15) is 66.7 Å². The SMILES string of the molecule is CCN(Cc1cnc(S(=O)(=O)Cc2ccccc2)n1C1CCCCC1)C(=O)c1ccccc1. The predicted molar refractivity (Wildman–Crippen MR) is 129 cm³/mol. The molecule has 0 saturated heterocycles. The van der Waals surface area contributed by atoms with E-state index in [0.717, 1.165) is 36.9 Å². The highest BCUT2D eigenvalue weighted by atomic mass is 32.2. The molecule has 1 saturated carbocycles. The Kier molecular flexibility index (Phi) is 7.28. The average Bonchev–Trinajstić information content (AvgIpc) is 3.28. The van der Waals surface area contributed by atoms with Crippen molar-refractivity contribution < 1.29 is 13.2 Å². The molecule has 1 heterocycles. The third kappa shape index (κ3) is 5.36. The fraction of sp³-hybridized carbons (Fsp3) is 0.385. The summed E-state index contributed by atoms with van der Waals surface area (Å²) < 4.78 is 28.8. The predicted octanol–water partition coefficient (Wildman–Crippen LogP) is 5.02. The first kappa shape index (κ1) is 23.2. The lowest BCUT2D eigenvalue weighted by Gasteiger charge is -2.28. The van der Waals surface area contributed by atoms with Gasteiger partial charge in [0.25, 0.3) is 5.91 Å². The van der Waals surface area contributed by atoms with Crippen LogP contribution in [0.3, 0.4) is 0 Å². The quantitative estimate of drug-likeness (QED) is 0.468. The summed E-state index contributed by atoms with van der Waals surface area (Å²) in [6.45, 7) is 2.79. The van der Waals surface area contributed by atoms with Gasteiger partial charge in [0.2, 0.25) is 15.0 Å². The zero-order valence-corrected chi connectivity index (χ0v) is 19.9. The summed E-state index contributed by atoms with van der Waals surface area (Å²) in [5, 5.41) is 0.122. The molecule has 0 bridgehead atoms. The Labute approximate surface area is 196 Å². The van der Waals surface area contributed by atoms with Gasteiger partial charge in [-0.3, -0.25) is 4.79 Å². The third-order valence-corrected chi connectivity index (χ3v) is 7.87. The van der Waals surface area contributed by atoms with Gasteiger partial charge in [0.15, 0.2) is 0 Å². The van der Waals surface area contributed by atoms with Gasteiger partial charge in [-0.2, -0.15) is 0 Å². The van der Waals surface area contributed by atoms with Crippen LogP contribution in [-0.2, 0) is 22.1 Å². The van der Waals surface area contributed by atoms with E-state index in [4.69, 9.17) is 0 Å². The fourth-order valence-corrected chi connectivity index (χ4v) is 6.14. The van der Waals surface area contributed by atoms with E-state index in [1.54, 1.807) is 23.2 Å². The van der Waals surface area contributed by atoms with Crippen LogP contribution in [0.15, 0.2) is 72.0 Å². The van der Waals surface area contributed by atoms with Crippen LogP contribution in [0.5, 0.6) is 0 Å². The van der Waals surface area contributed by atoms with E-state index in [1.807, 2.05) is 60.0 Å². The molecule has 0 unspecified atom stereocenters. The highest BCUT2D eigenvalue weighted by Gasteiger charge is 2.30. The second-order valence-electron chi connectivity index (χ2n) is 8.62. The van der Waals surface area contributed by atoms with Crippen molar-refractivity contribution in [3.05, 3.63) is 83.7 Å². The fourth-order valence-electron chi connectivity index (χ4n) is 4.60. The zero-order valence-electron chi connectivity index (χ0n) is 19.1. The number of carbonyl (C=O) groups is 1. The molecule has 1 amide bonds. The summed E-state index contributed by atoms with van der Waals surface area (Å²) in [7, 11) is -3.64. The van der Waals surface area contributed by atoms with Gasteiger partial charge in [-0.25, -0.2) is 13.4 Å². The van der Waals surface area contributed by atoms with Crippen molar-refractivity contribution in [2.24, 2.45) is 0 Å². The first-order valence-electron chi connectivity index (χ1n) is 11.7. The largest absolute Gasteiger partial charge is 0.333 e. The van der Waals surface area contributed by atoms with Crippen molar-refractivity contribution in [2.75, 3.05) is 6.54 Å². The van der Waals surface area contributed by atoms with E-state index in [9.17, 15) is 13.2 Å². The van der Waals surface area contributed by atoms with Crippen LogP contribution in [0.25, 0.3) is 0 Å². The van der Waals surface area contributed by atoms with Gasteiger partial charge in [-0.05, 0) is 37.5 Å². The lowest BCUT2D eigenvalue weighted by molar-refractivity contribution is 0.0747. The maximum absolute atomic E-state index is 13.4. The molecule has 6 nitrogen and oxygen atoms in total. The molecule has 0 atom stereocenters. The number of amides is 1. The number of carbonyl (C=O) groups excluding carboxylic acids is 1. The third-order valence-electron chi connectivity index (χ3n) is 6.30. The van der Waals surface area contributed by atoms with E-state index in [0.29, 0.717) is 18.7 Å². The van der Waals surface area contributed by atoms with Crippen LogP contribution in [0, 0.1) is 0 Å². The molecule has 0 N–H and O–H groups in total. The molecular weight excluding hydrogens is 434 g/mol. The molecule has 0 radical (unpaired) electrons. The molecule has 0 aliphatic heterocycles. The van der Waals surface area contributed by atoms with Crippen molar-refractivity contribution in [1.82, 2.24) is 14.5 Å². The maximum Gasteiger partial charge on any atom is 0.254 e. The van der Waals surface area contributed by atoms with Crippen LogP contribution < -0.4 is 0 Å². The van der Waals surface area contributed by atoms with E-state index in [-0.39, 0.29) is 22.9 Å². The molecule has 33 heavy (non-hydrogen) atoms.